The van der Waals surface area contributed by atoms with E-state index in [-0.39, 0.29) is 5.78 Å². The van der Waals surface area contributed by atoms with Gasteiger partial charge in [-0.05, 0) is 30.7 Å². The Morgan fingerprint density at radius 1 is 1.17 bits per heavy atom. The third-order valence-corrected chi connectivity index (χ3v) is 5.60. The highest BCUT2D eigenvalue weighted by molar-refractivity contribution is 7.87. The summed E-state index contributed by atoms with van der Waals surface area (Å²) in [4.78, 5) is 14.3. The molecular weight excluding hydrogens is 330 g/mol. The van der Waals surface area contributed by atoms with Crippen molar-refractivity contribution in [3.63, 3.8) is 0 Å². The van der Waals surface area contributed by atoms with Crippen LogP contribution in [-0.2, 0) is 10.2 Å². The van der Waals surface area contributed by atoms with Crippen LogP contribution in [0, 0.1) is 0 Å². The number of benzene rings is 1. The number of ketones is 1. The molecule has 0 aliphatic carbocycles. The lowest BCUT2D eigenvalue weighted by molar-refractivity contribution is 0.0901. The molecule has 8 heteroatoms. The summed E-state index contributed by atoms with van der Waals surface area (Å²) in [5, 5.41) is 0. The van der Waals surface area contributed by atoms with Gasteiger partial charge in [-0.25, -0.2) is 4.72 Å². The summed E-state index contributed by atoms with van der Waals surface area (Å²) < 4.78 is 33.2. The van der Waals surface area contributed by atoms with Crippen molar-refractivity contribution >= 4 is 16.0 Å². The Bertz CT molecular complexity index is 638. The van der Waals surface area contributed by atoms with Gasteiger partial charge in [0.2, 0.25) is 0 Å². The summed E-state index contributed by atoms with van der Waals surface area (Å²) in [6.45, 7) is 4.56. The highest BCUT2D eigenvalue weighted by atomic mass is 32.2. The molecule has 1 saturated heterocycles. The number of ether oxygens (including phenoxy) is 1. The first-order valence-corrected chi connectivity index (χ1v) is 9.54. The second-order valence-electron chi connectivity index (χ2n) is 5.73. The van der Waals surface area contributed by atoms with Crippen LogP contribution < -0.4 is 9.46 Å². The first kappa shape index (κ1) is 18.9. The fraction of sp³-hybridized carbons (Fsp3) is 0.562. The van der Waals surface area contributed by atoms with E-state index in [9.17, 15) is 13.2 Å². The molecule has 1 aliphatic rings. The molecule has 0 amide bonds. The SMILES string of the molecule is CCCNS(=O)(=O)N1CCN(CC(=O)c2ccc(OC)cc2)CC1. The van der Waals surface area contributed by atoms with Crippen LogP contribution in [0.1, 0.15) is 23.7 Å². The zero-order valence-electron chi connectivity index (χ0n) is 14.2. The summed E-state index contributed by atoms with van der Waals surface area (Å²) in [6.07, 6.45) is 0.759. The van der Waals surface area contributed by atoms with Gasteiger partial charge in [0.1, 0.15) is 5.75 Å². The number of hydrogen-bond acceptors (Lipinski definition) is 5. The van der Waals surface area contributed by atoms with E-state index < -0.39 is 10.2 Å². The van der Waals surface area contributed by atoms with Gasteiger partial charge in [0.25, 0.3) is 10.2 Å². The van der Waals surface area contributed by atoms with Crippen LogP contribution in [0.5, 0.6) is 5.75 Å². The van der Waals surface area contributed by atoms with Crippen LogP contribution in [-0.4, -0.2) is 69.8 Å². The summed E-state index contributed by atoms with van der Waals surface area (Å²) in [5.74, 6) is 0.739. The van der Waals surface area contributed by atoms with Crippen LogP contribution in [0.3, 0.4) is 0 Å². The maximum atomic E-state index is 12.3. The van der Waals surface area contributed by atoms with Crippen molar-refractivity contribution < 1.29 is 17.9 Å². The molecule has 0 atom stereocenters. The van der Waals surface area contributed by atoms with Crippen molar-refractivity contribution in [1.82, 2.24) is 13.9 Å². The van der Waals surface area contributed by atoms with Gasteiger partial charge in [-0.3, -0.25) is 9.69 Å². The Labute approximate surface area is 143 Å². The zero-order valence-corrected chi connectivity index (χ0v) is 15.0. The van der Waals surface area contributed by atoms with E-state index in [4.69, 9.17) is 4.74 Å². The minimum atomic E-state index is -3.40. The van der Waals surface area contributed by atoms with Crippen LogP contribution in [0.4, 0.5) is 0 Å². The molecule has 1 N–H and O–H groups in total. The van der Waals surface area contributed by atoms with Gasteiger partial charge in [0.05, 0.1) is 13.7 Å². The Morgan fingerprint density at radius 2 is 1.79 bits per heavy atom. The molecule has 1 aliphatic heterocycles. The van der Waals surface area contributed by atoms with Crippen molar-refractivity contribution in [1.29, 1.82) is 0 Å². The maximum Gasteiger partial charge on any atom is 0.279 e. The van der Waals surface area contributed by atoms with Gasteiger partial charge in [-0.1, -0.05) is 6.92 Å². The fourth-order valence-corrected chi connectivity index (χ4v) is 3.81. The van der Waals surface area contributed by atoms with Crippen molar-refractivity contribution in [2.75, 3.05) is 46.4 Å². The lowest BCUT2D eigenvalue weighted by Gasteiger charge is -2.33. The van der Waals surface area contributed by atoms with E-state index >= 15 is 0 Å². The average molecular weight is 355 g/mol. The smallest absolute Gasteiger partial charge is 0.279 e. The number of hydrogen-bond donors (Lipinski definition) is 1. The largest absolute Gasteiger partial charge is 0.497 e. The molecular formula is C16H25N3O4S. The van der Waals surface area contributed by atoms with Gasteiger partial charge < -0.3 is 4.74 Å². The molecule has 1 aromatic rings. The lowest BCUT2D eigenvalue weighted by Crippen LogP contribution is -2.52. The topological polar surface area (TPSA) is 79.0 Å². The third-order valence-electron chi connectivity index (χ3n) is 3.98. The zero-order chi connectivity index (χ0) is 17.6. The Kier molecular flexibility index (Phi) is 6.73. The molecule has 7 nitrogen and oxygen atoms in total. The summed E-state index contributed by atoms with van der Waals surface area (Å²) in [6, 6.07) is 7.02. The van der Waals surface area contributed by atoms with Crippen molar-refractivity contribution in [3.8, 4) is 5.75 Å². The van der Waals surface area contributed by atoms with Crippen molar-refractivity contribution in [2.24, 2.45) is 0 Å². The lowest BCUT2D eigenvalue weighted by atomic mass is 10.1. The van der Waals surface area contributed by atoms with Gasteiger partial charge in [-0.2, -0.15) is 12.7 Å². The minimum Gasteiger partial charge on any atom is -0.497 e. The molecule has 1 aromatic carbocycles. The van der Waals surface area contributed by atoms with Gasteiger partial charge in [0, 0.05) is 38.3 Å². The first-order valence-electron chi connectivity index (χ1n) is 8.10. The Balaban J connectivity index is 1.85. The predicted molar refractivity (Wildman–Crippen MR) is 92.6 cm³/mol. The van der Waals surface area contributed by atoms with Crippen molar-refractivity contribution in [2.45, 2.75) is 13.3 Å². The van der Waals surface area contributed by atoms with Crippen LogP contribution in [0.15, 0.2) is 24.3 Å². The molecule has 2 rings (SSSR count). The molecule has 24 heavy (non-hydrogen) atoms. The predicted octanol–water partition coefficient (Wildman–Crippen LogP) is 0.740. The van der Waals surface area contributed by atoms with Crippen molar-refractivity contribution in [3.05, 3.63) is 29.8 Å². The number of nitrogens with one attached hydrogen (secondary N) is 1. The molecule has 0 aromatic heterocycles. The van der Waals surface area contributed by atoms with Gasteiger partial charge in [-0.15, -0.1) is 0 Å². The molecule has 1 heterocycles. The normalized spacial score (nSPS) is 16.9. The molecule has 0 spiro atoms. The first-order chi connectivity index (χ1) is 11.5. The van der Waals surface area contributed by atoms with E-state index in [0.717, 1.165) is 6.42 Å². The number of piperazine rings is 1. The maximum absolute atomic E-state index is 12.3. The minimum absolute atomic E-state index is 0.0260. The molecule has 134 valence electrons. The molecule has 0 radical (unpaired) electrons. The molecule has 0 saturated carbocycles. The summed E-state index contributed by atoms with van der Waals surface area (Å²) in [7, 11) is -1.82. The number of rotatable bonds is 8. The third kappa shape index (κ3) is 5.01. The van der Waals surface area contributed by atoms with Crippen LogP contribution in [0.25, 0.3) is 0 Å². The fourth-order valence-electron chi connectivity index (χ4n) is 2.52. The highest BCUT2D eigenvalue weighted by Gasteiger charge is 2.27. The summed E-state index contributed by atoms with van der Waals surface area (Å²) in [5.41, 5.74) is 0.635. The molecule has 0 bridgehead atoms. The van der Waals surface area contributed by atoms with E-state index in [2.05, 4.69) is 4.72 Å². The molecule has 0 unspecified atom stereocenters. The Morgan fingerprint density at radius 3 is 2.33 bits per heavy atom. The van der Waals surface area contributed by atoms with Crippen LogP contribution >= 0.6 is 0 Å². The average Bonchev–Trinajstić information content (AvgIpc) is 2.60. The monoisotopic (exact) mass is 355 g/mol. The van der Waals surface area contributed by atoms with Crippen LogP contribution in [0.2, 0.25) is 0 Å². The van der Waals surface area contributed by atoms with Gasteiger partial charge in [0.15, 0.2) is 5.78 Å². The Hall–Kier alpha value is -1.48. The second-order valence-corrected chi connectivity index (χ2v) is 7.48. The van der Waals surface area contributed by atoms with E-state index in [1.165, 1.54) is 4.31 Å². The quantitative estimate of drug-likeness (QED) is 0.696. The molecule has 1 fully saturated rings. The van der Waals surface area contributed by atoms with Gasteiger partial charge >= 0.3 is 0 Å². The number of Topliss-reactive ketones (excluding diaryl/α,β-unsaturated/α-hetero) is 1. The number of methoxy groups -OCH3 is 1. The van der Waals surface area contributed by atoms with E-state index in [0.29, 0.717) is 50.6 Å². The number of nitrogens with zero attached hydrogens (tertiary/aromatic N) is 2. The second kappa shape index (κ2) is 8.57. The van der Waals surface area contributed by atoms with E-state index in [1.54, 1.807) is 31.4 Å². The standard InChI is InChI=1S/C16H25N3O4S/c1-3-8-17-24(21,22)19-11-9-18(10-12-19)13-16(20)14-4-6-15(23-2)7-5-14/h4-7,17H,3,8-13H2,1-2H3. The highest BCUT2D eigenvalue weighted by Crippen LogP contribution is 2.13. The summed E-state index contributed by atoms with van der Waals surface area (Å²) >= 11 is 0. The number of carbonyl (C=O) groups is 1. The number of carbonyl (C=O) groups excluding carboxylic acids is 1. The van der Waals surface area contributed by atoms with E-state index in [1.807, 2.05) is 11.8 Å².